The summed E-state index contributed by atoms with van der Waals surface area (Å²) in [5.74, 6) is -0.650. The Bertz CT molecular complexity index is 1740. The number of carbonyl (C=O) groups excluding carboxylic acids is 4. The summed E-state index contributed by atoms with van der Waals surface area (Å²) < 4.78 is 68.3. The minimum atomic E-state index is -4.95. The van der Waals surface area contributed by atoms with Crippen LogP contribution < -0.4 is 0 Å². The number of aliphatic hydroxyl groups is 1. The first-order chi connectivity index (χ1) is 42.9. The Morgan fingerprint density at radius 3 is 0.854 bits per heavy atom. The predicted octanol–water partition coefficient (Wildman–Crippen LogP) is 20.0. The highest BCUT2D eigenvalue weighted by atomic mass is 31.2. The van der Waals surface area contributed by atoms with E-state index in [2.05, 4.69) is 41.5 Å². The molecule has 3 N–H and O–H groups in total. The van der Waals surface area contributed by atoms with Gasteiger partial charge in [0.1, 0.15) is 19.3 Å². The van der Waals surface area contributed by atoms with Crippen molar-refractivity contribution in [3.8, 4) is 0 Å². The fourth-order valence-corrected chi connectivity index (χ4v) is 12.1. The third kappa shape index (κ3) is 63.2. The molecular formula is C70H136O17P2. The summed E-state index contributed by atoms with van der Waals surface area (Å²) >= 11 is 0. The summed E-state index contributed by atoms with van der Waals surface area (Å²) in [6, 6.07) is 0. The van der Waals surface area contributed by atoms with Crippen molar-refractivity contribution in [2.75, 3.05) is 39.6 Å². The maximum Gasteiger partial charge on any atom is 0.472 e. The number of carbonyl (C=O) groups is 4. The summed E-state index contributed by atoms with van der Waals surface area (Å²) in [7, 11) is -9.90. The number of rotatable bonds is 69. The van der Waals surface area contributed by atoms with Gasteiger partial charge in [-0.2, -0.15) is 0 Å². The highest BCUT2D eigenvalue weighted by Gasteiger charge is 2.30. The van der Waals surface area contributed by atoms with Gasteiger partial charge in [-0.3, -0.25) is 37.3 Å². The molecule has 0 heterocycles. The average Bonchev–Trinajstić information content (AvgIpc) is 3.72. The smallest absolute Gasteiger partial charge is 0.462 e. The van der Waals surface area contributed by atoms with Crippen molar-refractivity contribution >= 4 is 39.5 Å². The second-order valence-electron chi connectivity index (χ2n) is 26.0. The van der Waals surface area contributed by atoms with Crippen LogP contribution in [0.5, 0.6) is 0 Å². The fraction of sp³-hybridized carbons (Fsp3) is 0.943. The first-order valence-electron chi connectivity index (χ1n) is 36.5. The lowest BCUT2D eigenvalue weighted by Gasteiger charge is -2.21. The van der Waals surface area contributed by atoms with Crippen LogP contribution in [0.3, 0.4) is 0 Å². The quantitative estimate of drug-likeness (QED) is 0.0222. The van der Waals surface area contributed by atoms with E-state index >= 15 is 0 Å². The highest BCUT2D eigenvalue weighted by Crippen LogP contribution is 2.45. The number of esters is 4. The molecule has 0 aliphatic heterocycles. The van der Waals surface area contributed by atoms with Gasteiger partial charge in [-0.15, -0.1) is 0 Å². The summed E-state index contributed by atoms with van der Waals surface area (Å²) in [5, 5.41) is 10.6. The third-order valence-corrected chi connectivity index (χ3v) is 18.5. The first-order valence-corrected chi connectivity index (χ1v) is 39.5. The molecule has 0 spiro atoms. The molecular weight excluding hydrogens is 1170 g/mol. The van der Waals surface area contributed by atoms with Crippen molar-refractivity contribution in [3.63, 3.8) is 0 Å². The van der Waals surface area contributed by atoms with Crippen molar-refractivity contribution in [2.45, 2.75) is 374 Å². The van der Waals surface area contributed by atoms with Gasteiger partial charge < -0.3 is 33.8 Å². The lowest BCUT2D eigenvalue weighted by atomic mass is 9.99. The number of hydrogen-bond acceptors (Lipinski definition) is 15. The Labute approximate surface area is 543 Å². The largest absolute Gasteiger partial charge is 0.472 e. The number of phosphoric ester groups is 2. The van der Waals surface area contributed by atoms with Crippen LogP contribution >= 0.6 is 15.6 Å². The Morgan fingerprint density at radius 2 is 0.573 bits per heavy atom. The second-order valence-corrected chi connectivity index (χ2v) is 28.9. The van der Waals surface area contributed by atoms with E-state index in [1.807, 2.05) is 0 Å². The number of phosphoric acid groups is 2. The van der Waals surface area contributed by atoms with Gasteiger partial charge in [0.25, 0.3) is 0 Å². The zero-order valence-electron chi connectivity index (χ0n) is 57.7. The minimum absolute atomic E-state index is 0.104. The third-order valence-electron chi connectivity index (χ3n) is 16.6. The molecule has 528 valence electrons. The molecule has 0 aromatic carbocycles. The molecule has 6 atom stereocenters. The van der Waals surface area contributed by atoms with Crippen LogP contribution in [0.2, 0.25) is 0 Å². The second kappa shape index (κ2) is 62.2. The Kier molecular flexibility index (Phi) is 60.8. The van der Waals surface area contributed by atoms with Crippen LogP contribution in [0.15, 0.2) is 0 Å². The zero-order valence-corrected chi connectivity index (χ0v) is 59.5. The number of hydrogen-bond donors (Lipinski definition) is 3. The molecule has 3 unspecified atom stereocenters. The number of ether oxygens (including phenoxy) is 4. The van der Waals surface area contributed by atoms with Crippen molar-refractivity contribution in [1.29, 1.82) is 0 Å². The van der Waals surface area contributed by atoms with Gasteiger partial charge >= 0.3 is 39.5 Å². The standard InChI is InChI=1S/C70H136O17P2/c1-7-10-12-14-16-18-20-22-24-26-28-35-42-48-54-69(74)86-65(58-80-67(72)52-46-40-34-27-25-23-21-19-17-15-13-11-8-2)60-84-88(76,77)82-56-64(71)57-83-89(78,79)85-61-66(59-81-68(73)53-47-41-37-31-32-38-44-50-62(4)5)87-70(75)55-49-43-36-30-29-33-39-45-51-63(6)9-3/h62-66,71H,7-61H2,1-6H3,(H,76,77)(H,78,79)/t63?,64-,65-,66-/m1/s1. The van der Waals surface area contributed by atoms with Gasteiger partial charge in [0.2, 0.25) is 0 Å². The lowest BCUT2D eigenvalue weighted by Crippen LogP contribution is -2.30. The predicted molar refractivity (Wildman–Crippen MR) is 358 cm³/mol. The van der Waals surface area contributed by atoms with Crippen molar-refractivity contribution < 1.29 is 80.2 Å². The minimum Gasteiger partial charge on any atom is -0.462 e. The number of unbranched alkanes of at least 4 members (excludes halogenated alkanes) is 38. The summed E-state index contributed by atoms with van der Waals surface area (Å²) in [4.78, 5) is 72.5. The summed E-state index contributed by atoms with van der Waals surface area (Å²) in [6.07, 6.45) is 47.1. The topological polar surface area (TPSA) is 237 Å². The maximum absolute atomic E-state index is 13.0. The Morgan fingerprint density at radius 1 is 0.326 bits per heavy atom. The Balaban J connectivity index is 5.26. The molecule has 17 nitrogen and oxygen atoms in total. The van der Waals surface area contributed by atoms with E-state index < -0.39 is 97.5 Å². The molecule has 89 heavy (non-hydrogen) atoms. The molecule has 0 amide bonds. The van der Waals surface area contributed by atoms with E-state index in [1.54, 1.807) is 0 Å². The van der Waals surface area contributed by atoms with Gasteiger partial charge in [0.15, 0.2) is 12.2 Å². The van der Waals surface area contributed by atoms with E-state index in [-0.39, 0.29) is 25.7 Å². The first kappa shape index (κ1) is 87.1. The van der Waals surface area contributed by atoms with Crippen molar-refractivity contribution in [1.82, 2.24) is 0 Å². The molecule has 0 aliphatic rings. The van der Waals surface area contributed by atoms with Gasteiger partial charge in [0.05, 0.1) is 26.4 Å². The van der Waals surface area contributed by atoms with E-state index in [1.165, 1.54) is 167 Å². The average molecular weight is 1310 g/mol. The van der Waals surface area contributed by atoms with Gasteiger partial charge in [-0.25, -0.2) is 9.13 Å². The SMILES string of the molecule is CCCCCCCCCCCCCCCCC(=O)O[C@H](COC(=O)CCCCCCCCCCCCCCC)COP(=O)(O)OC[C@@H](O)COP(=O)(O)OC[C@@H](COC(=O)CCCCCCCCCC(C)C)OC(=O)CCCCCCCCCCC(C)CC. The van der Waals surface area contributed by atoms with Crippen LogP contribution in [0.25, 0.3) is 0 Å². The maximum atomic E-state index is 13.0. The Hall–Kier alpha value is -1.94. The molecule has 0 aliphatic carbocycles. The van der Waals surface area contributed by atoms with E-state index in [9.17, 15) is 43.2 Å². The van der Waals surface area contributed by atoms with Crippen molar-refractivity contribution in [2.24, 2.45) is 11.8 Å². The van der Waals surface area contributed by atoms with Gasteiger partial charge in [0, 0.05) is 25.7 Å². The lowest BCUT2D eigenvalue weighted by molar-refractivity contribution is -0.161. The van der Waals surface area contributed by atoms with E-state index in [4.69, 9.17) is 37.0 Å². The normalized spacial score (nSPS) is 14.4. The van der Waals surface area contributed by atoms with Crippen LogP contribution in [0.4, 0.5) is 0 Å². The molecule has 0 saturated carbocycles. The van der Waals surface area contributed by atoms with Crippen molar-refractivity contribution in [3.05, 3.63) is 0 Å². The fourth-order valence-electron chi connectivity index (χ4n) is 10.6. The van der Waals surface area contributed by atoms with Crippen LogP contribution in [-0.2, 0) is 65.4 Å². The summed E-state index contributed by atoms with van der Waals surface area (Å²) in [6.45, 7) is 9.49. The molecule has 0 radical (unpaired) electrons. The number of aliphatic hydroxyl groups excluding tert-OH is 1. The van der Waals surface area contributed by atoms with Crippen LogP contribution in [0.1, 0.15) is 356 Å². The van der Waals surface area contributed by atoms with Gasteiger partial charge in [-0.1, -0.05) is 305 Å². The van der Waals surface area contributed by atoms with E-state index in [0.29, 0.717) is 31.6 Å². The molecule has 0 rings (SSSR count). The molecule has 0 bridgehead atoms. The van der Waals surface area contributed by atoms with Crippen LogP contribution in [0, 0.1) is 11.8 Å². The zero-order chi connectivity index (χ0) is 65.7. The van der Waals surface area contributed by atoms with E-state index in [0.717, 1.165) is 102 Å². The molecule has 19 heteroatoms. The highest BCUT2D eigenvalue weighted by molar-refractivity contribution is 7.47. The molecule has 0 saturated heterocycles. The van der Waals surface area contributed by atoms with Crippen LogP contribution in [-0.4, -0.2) is 96.7 Å². The molecule has 0 aromatic heterocycles. The van der Waals surface area contributed by atoms with Gasteiger partial charge in [-0.05, 0) is 37.5 Å². The molecule has 0 aromatic rings. The summed E-state index contributed by atoms with van der Waals surface area (Å²) in [5.41, 5.74) is 0. The monoisotopic (exact) mass is 1310 g/mol. The molecule has 0 fully saturated rings.